The van der Waals surface area contributed by atoms with Gasteiger partial charge in [0.05, 0.1) is 5.02 Å². The van der Waals surface area contributed by atoms with Crippen molar-refractivity contribution in [2.24, 2.45) is 0 Å². The maximum absolute atomic E-state index is 6.09. The number of nitrogens with zero attached hydrogens (tertiary/aromatic N) is 1. The van der Waals surface area contributed by atoms with Crippen molar-refractivity contribution >= 4 is 34.8 Å². The standard InChI is InChI=1S/C15H14Cl3NO/c1-3-9(2)10-6-4-5-7-13(10)20-15-12(17)8-11(16)14(18)19-15/h4-9H,3H2,1-2H3. The molecule has 20 heavy (non-hydrogen) atoms. The zero-order valence-corrected chi connectivity index (χ0v) is 13.4. The Morgan fingerprint density at radius 2 is 1.85 bits per heavy atom. The second kappa shape index (κ2) is 6.66. The fourth-order valence-corrected chi connectivity index (χ4v) is 2.33. The van der Waals surface area contributed by atoms with Gasteiger partial charge in [0.2, 0.25) is 5.88 Å². The molecule has 0 N–H and O–H groups in total. The van der Waals surface area contributed by atoms with Crippen molar-refractivity contribution in [3.63, 3.8) is 0 Å². The van der Waals surface area contributed by atoms with Crippen LogP contribution in [0, 0.1) is 0 Å². The number of benzene rings is 1. The lowest BCUT2D eigenvalue weighted by Crippen LogP contribution is -1.97. The summed E-state index contributed by atoms with van der Waals surface area (Å²) >= 11 is 17.8. The van der Waals surface area contributed by atoms with Crippen molar-refractivity contribution in [1.82, 2.24) is 4.98 Å². The summed E-state index contributed by atoms with van der Waals surface area (Å²) in [7, 11) is 0. The first-order chi connectivity index (χ1) is 9.52. The first kappa shape index (κ1) is 15.4. The fraction of sp³-hybridized carbons (Fsp3) is 0.267. The van der Waals surface area contributed by atoms with E-state index in [0.29, 0.717) is 16.0 Å². The van der Waals surface area contributed by atoms with Crippen LogP contribution in [0.1, 0.15) is 31.7 Å². The van der Waals surface area contributed by atoms with E-state index in [4.69, 9.17) is 39.5 Å². The molecule has 0 saturated carbocycles. The predicted molar refractivity (Wildman–Crippen MR) is 84.5 cm³/mol. The molecule has 0 aliphatic carbocycles. The Labute approximate surface area is 133 Å². The zero-order chi connectivity index (χ0) is 14.7. The third kappa shape index (κ3) is 3.38. The number of halogens is 3. The number of aromatic nitrogens is 1. The van der Waals surface area contributed by atoms with Gasteiger partial charge in [-0.05, 0) is 30.0 Å². The molecule has 1 unspecified atom stereocenters. The van der Waals surface area contributed by atoms with Gasteiger partial charge in [0.25, 0.3) is 0 Å². The van der Waals surface area contributed by atoms with Gasteiger partial charge in [-0.25, -0.2) is 0 Å². The zero-order valence-electron chi connectivity index (χ0n) is 11.2. The summed E-state index contributed by atoms with van der Waals surface area (Å²) in [4.78, 5) is 4.07. The maximum atomic E-state index is 6.09. The molecule has 0 radical (unpaired) electrons. The van der Waals surface area contributed by atoms with Gasteiger partial charge in [-0.3, -0.25) is 0 Å². The Morgan fingerprint density at radius 3 is 2.55 bits per heavy atom. The molecular formula is C15H14Cl3NO. The van der Waals surface area contributed by atoms with Crippen molar-refractivity contribution in [1.29, 1.82) is 0 Å². The fourth-order valence-electron chi connectivity index (χ4n) is 1.80. The quantitative estimate of drug-likeness (QED) is 0.609. The second-order valence-electron chi connectivity index (χ2n) is 4.50. The maximum Gasteiger partial charge on any atom is 0.239 e. The molecule has 0 fully saturated rings. The van der Waals surface area contributed by atoms with Crippen LogP contribution < -0.4 is 4.74 Å². The number of hydrogen-bond donors (Lipinski definition) is 0. The summed E-state index contributed by atoms with van der Waals surface area (Å²) in [5.74, 6) is 1.37. The number of ether oxygens (including phenoxy) is 1. The van der Waals surface area contributed by atoms with Crippen LogP contribution >= 0.6 is 34.8 Å². The number of pyridine rings is 1. The number of rotatable bonds is 4. The minimum Gasteiger partial charge on any atom is -0.437 e. The van der Waals surface area contributed by atoms with Crippen molar-refractivity contribution < 1.29 is 4.74 Å². The minimum atomic E-state index is 0.173. The van der Waals surface area contributed by atoms with Gasteiger partial charge in [-0.15, -0.1) is 0 Å². The molecule has 106 valence electrons. The van der Waals surface area contributed by atoms with Crippen LogP contribution in [0.5, 0.6) is 11.6 Å². The van der Waals surface area contributed by atoms with Gasteiger partial charge in [0, 0.05) is 0 Å². The van der Waals surface area contributed by atoms with Crippen molar-refractivity contribution in [2.45, 2.75) is 26.2 Å². The molecule has 0 spiro atoms. The normalized spacial score (nSPS) is 12.2. The van der Waals surface area contributed by atoms with Crippen LogP contribution in [0.25, 0.3) is 0 Å². The third-order valence-electron chi connectivity index (χ3n) is 3.12. The van der Waals surface area contributed by atoms with E-state index in [9.17, 15) is 0 Å². The van der Waals surface area contributed by atoms with Gasteiger partial charge in [-0.2, -0.15) is 4.98 Å². The van der Waals surface area contributed by atoms with Crippen LogP contribution in [0.3, 0.4) is 0 Å². The molecule has 0 aliphatic rings. The average Bonchev–Trinajstić information content (AvgIpc) is 2.44. The molecular weight excluding hydrogens is 317 g/mol. The third-order valence-corrected chi connectivity index (χ3v) is 4.07. The van der Waals surface area contributed by atoms with Gasteiger partial charge in [-0.1, -0.05) is 66.8 Å². The van der Waals surface area contributed by atoms with Crippen LogP contribution in [0.15, 0.2) is 30.3 Å². The molecule has 2 rings (SSSR count). The van der Waals surface area contributed by atoms with E-state index >= 15 is 0 Å². The van der Waals surface area contributed by atoms with Crippen LogP contribution in [-0.4, -0.2) is 4.98 Å². The van der Waals surface area contributed by atoms with E-state index in [1.54, 1.807) is 0 Å². The topological polar surface area (TPSA) is 22.1 Å². The molecule has 1 atom stereocenters. The molecule has 0 amide bonds. The minimum absolute atomic E-state index is 0.173. The molecule has 1 aromatic heterocycles. The predicted octanol–water partition coefficient (Wildman–Crippen LogP) is 6.35. The molecule has 0 bridgehead atoms. The van der Waals surface area contributed by atoms with Crippen LogP contribution in [0.4, 0.5) is 0 Å². The summed E-state index contributed by atoms with van der Waals surface area (Å²) in [5.41, 5.74) is 1.11. The average molecular weight is 331 g/mol. The summed E-state index contributed by atoms with van der Waals surface area (Å²) in [6.45, 7) is 4.28. The molecule has 0 aliphatic heterocycles. The molecule has 2 aromatic rings. The Bertz CT molecular complexity index is 616. The van der Waals surface area contributed by atoms with Gasteiger partial charge in [0.1, 0.15) is 10.8 Å². The van der Waals surface area contributed by atoms with E-state index in [1.807, 2.05) is 24.3 Å². The largest absolute Gasteiger partial charge is 0.437 e. The van der Waals surface area contributed by atoms with E-state index in [2.05, 4.69) is 18.8 Å². The molecule has 1 heterocycles. The lowest BCUT2D eigenvalue weighted by atomic mass is 9.98. The summed E-state index contributed by atoms with van der Waals surface area (Å²) in [6, 6.07) is 9.35. The summed E-state index contributed by atoms with van der Waals surface area (Å²) in [5, 5.41) is 0.810. The second-order valence-corrected chi connectivity index (χ2v) is 5.67. The van der Waals surface area contributed by atoms with Gasteiger partial charge in [0.15, 0.2) is 5.15 Å². The van der Waals surface area contributed by atoms with Crippen molar-refractivity contribution in [3.05, 3.63) is 51.1 Å². The Hall–Kier alpha value is -0.960. The monoisotopic (exact) mass is 329 g/mol. The number of hydrogen-bond acceptors (Lipinski definition) is 2. The lowest BCUT2D eigenvalue weighted by molar-refractivity contribution is 0.452. The van der Waals surface area contributed by atoms with Crippen LogP contribution in [0.2, 0.25) is 15.2 Å². The highest BCUT2D eigenvalue weighted by atomic mass is 35.5. The van der Waals surface area contributed by atoms with E-state index in [-0.39, 0.29) is 11.0 Å². The highest BCUT2D eigenvalue weighted by Gasteiger charge is 2.14. The summed E-state index contributed by atoms with van der Waals surface area (Å²) in [6.07, 6.45) is 1.02. The molecule has 2 nitrogen and oxygen atoms in total. The first-order valence-corrected chi connectivity index (χ1v) is 7.44. The number of para-hydroxylation sites is 1. The van der Waals surface area contributed by atoms with E-state index < -0.39 is 0 Å². The first-order valence-electron chi connectivity index (χ1n) is 6.31. The Morgan fingerprint density at radius 1 is 1.15 bits per heavy atom. The van der Waals surface area contributed by atoms with Crippen LogP contribution in [-0.2, 0) is 0 Å². The molecule has 0 saturated heterocycles. The van der Waals surface area contributed by atoms with E-state index in [0.717, 1.165) is 17.7 Å². The van der Waals surface area contributed by atoms with Gasteiger partial charge >= 0.3 is 0 Å². The lowest BCUT2D eigenvalue weighted by Gasteiger charge is -2.15. The Kier molecular flexibility index (Phi) is 5.14. The summed E-state index contributed by atoms with van der Waals surface area (Å²) < 4.78 is 5.81. The molecule has 5 heteroatoms. The van der Waals surface area contributed by atoms with Crippen molar-refractivity contribution in [3.8, 4) is 11.6 Å². The SMILES string of the molecule is CCC(C)c1ccccc1Oc1nc(Cl)c(Cl)cc1Cl. The highest BCUT2D eigenvalue weighted by Crippen LogP contribution is 2.36. The molecule has 1 aromatic carbocycles. The van der Waals surface area contributed by atoms with Gasteiger partial charge < -0.3 is 4.74 Å². The smallest absolute Gasteiger partial charge is 0.239 e. The highest BCUT2D eigenvalue weighted by molar-refractivity contribution is 6.42. The Balaban J connectivity index is 2.38. The van der Waals surface area contributed by atoms with Crippen molar-refractivity contribution in [2.75, 3.05) is 0 Å². The van der Waals surface area contributed by atoms with E-state index in [1.165, 1.54) is 6.07 Å².